The van der Waals surface area contributed by atoms with Gasteiger partial charge in [0, 0.05) is 39.4 Å². The fourth-order valence-electron chi connectivity index (χ4n) is 3.41. The molecule has 2 aliphatic heterocycles. The van der Waals surface area contributed by atoms with Crippen molar-refractivity contribution in [1.29, 1.82) is 0 Å². The van der Waals surface area contributed by atoms with Crippen LogP contribution in [-0.4, -0.2) is 75.9 Å². The summed E-state index contributed by atoms with van der Waals surface area (Å²) in [5.41, 5.74) is 1.63. The van der Waals surface area contributed by atoms with E-state index in [0.717, 1.165) is 38.4 Å². The van der Waals surface area contributed by atoms with Crippen LogP contribution < -0.4 is 10.9 Å². The lowest BCUT2D eigenvalue weighted by Gasteiger charge is -2.26. The van der Waals surface area contributed by atoms with Gasteiger partial charge in [-0.05, 0) is 24.6 Å². The lowest BCUT2D eigenvalue weighted by Crippen LogP contribution is -2.39. The highest BCUT2D eigenvalue weighted by molar-refractivity contribution is 8.26. The number of thioether (sulfide) groups is 1. The van der Waals surface area contributed by atoms with E-state index in [1.54, 1.807) is 19.3 Å². The Labute approximate surface area is 183 Å². The van der Waals surface area contributed by atoms with Crippen LogP contribution in [0.5, 0.6) is 0 Å². The summed E-state index contributed by atoms with van der Waals surface area (Å²) in [5.74, 6) is 0.266. The zero-order chi connectivity index (χ0) is 21.3. The number of morpholine rings is 1. The predicted molar refractivity (Wildman–Crippen MR) is 123 cm³/mol. The molecule has 0 unspecified atom stereocenters. The second kappa shape index (κ2) is 8.84. The van der Waals surface area contributed by atoms with Crippen LogP contribution in [0.1, 0.15) is 11.1 Å². The molecule has 2 aliphatic rings. The van der Waals surface area contributed by atoms with E-state index < -0.39 is 0 Å². The maximum atomic E-state index is 13.3. The largest absolute Gasteiger partial charge is 0.379 e. The predicted octanol–water partition coefficient (Wildman–Crippen LogP) is 1.58. The van der Waals surface area contributed by atoms with Gasteiger partial charge in [0.1, 0.15) is 15.8 Å². The molecule has 0 aliphatic carbocycles. The number of thiocarbonyl (C=S) groups is 1. The number of fused-ring (bicyclic) bond motifs is 1. The fourth-order valence-corrected chi connectivity index (χ4v) is 4.57. The number of nitrogens with one attached hydrogen (secondary N) is 1. The number of likely N-dealkylation sites (N-methyl/N-ethyl adjacent to an activating group) is 1. The summed E-state index contributed by atoms with van der Waals surface area (Å²) in [4.78, 5) is 34.6. The highest BCUT2D eigenvalue weighted by Gasteiger charge is 2.29. The van der Waals surface area contributed by atoms with Crippen LogP contribution >= 0.6 is 24.0 Å². The molecule has 10 heteroatoms. The van der Waals surface area contributed by atoms with Gasteiger partial charge in [0.05, 0.1) is 23.7 Å². The maximum absolute atomic E-state index is 13.3. The molecule has 0 atom stereocenters. The first-order valence-electron chi connectivity index (χ1n) is 9.73. The summed E-state index contributed by atoms with van der Waals surface area (Å²) in [6.45, 7) is 6.61. The van der Waals surface area contributed by atoms with Crippen molar-refractivity contribution >= 4 is 51.7 Å². The van der Waals surface area contributed by atoms with Gasteiger partial charge in [0.2, 0.25) is 0 Å². The number of pyridine rings is 1. The lowest BCUT2D eigenvalue weighted by atomic mass is 10.2. The number of anilines is 1. The van der Waals surface area contributed by atoms with Crippen LogP contribution in [-0.2, 0) is 9.53 Å². The summed E-state index contributed by atoms with van der Waals surface area (Å²) < 4.78 is 7.37. The third-order valence-electron chi connectivity index (χ3n) is 5.17. The van der Waals surface area contributed by atoms with Gasteiger partial charge < -0.3 is 10.1 Å². The molecule has 2 aromatic rings. The van der Waals surface area contributed by atoms with Crippen LogP contribution in [0.25, 0.3) is 11.7 Å². The zero-order valence-corrected chi connectivity index (χ0v) is 18.5. The number of hydrogen-bond acceptors (Lipinski definition) is 8. The Balaban J connectivity index is 1.70. The molecule has 0 bridgehead atoms. The average molecular weight is 446 g/mol. The molecule has 158 valence electrons. The van der Waals surface area contributed by atoms with Crippen LogP contribution in [0.4, 0.5) is 5.82 Å². The second-order valence-electron chi connectivity index (χ2n) is 7.19. The first-order chi connectivity index (χ1) is 14.5. The topological polar surface area (TPSA) is 79.2 Å². The van der Waals surface area contributed by atoms with E-state index in [-0.39, 0.29) is 11.5 Å². The molecule has 0 aromatic carbocycles. The van der Waals surface area contributed by atoms with Gasteiger partial charge in [-0.25, -0.2) is 4.98 Å². The molecule has 4 rings (SSSR count). The Bertz CT molecular complexity index is 1090. The highest BCUT2D eigenvalue weighted by atomic mass is 32.2. The summed E-state index contributed by atoms with van der Waals surface area (Å²) >= 11 is 6.40. The highest BCUT2D eigenvalue weighted by Crippen LogP contribution is 2.31. The minimum absolute atomic E-state index is 0.210. The van der Waals surface area contributed by atoms with Crippen molar-refractivity contribution in [3.63, 3.8) is 0 Å². The number of aromatic nitrogens is 2. The monoisotopic (exact) mass is 445 g/mol. The fraction of sp³-hybridized carbons (Fsp3) is 0.400. The molecule has 1 N–H and O–H groups in total. The van der Waals surface area contributed by atoms with Crippen molar-refractivity contribution in [1.82, 2.24) is 19.2 Å². The van der Waals surface area contributed by atoms with Crippen molar-refractivity contribution in [3.8, 4) is 0 Å². The third kappa shape index (κ3) is 4.13. The maximum Gasteiger partial charge on any atom is 0.267 e. The van der Waals surface area contributed by atoms with Crippen LogP contribution in [0, 0.1) is 6.92 Å². The molecule has 2 saturated heterocycles. The average Bonchev–Trinajstić information content (AvgIpc) is 2.99. The number of aryl methyl sites for hydroxylation is 1. The van der Waals surface area contributed by atoms with Crippen molar-refractivity contribution in [2.24, 2.45) is 0 Å². The summed E-state index contributed by atoms with van der Waals surface area (Å²) in [5, 5.41) is 3.31. The Morgan fingerprint density at radius 2 is 2.10 bits per heavy atom. The first kappa shape index (κ1) is 21.0. The van der Waals surface area contributed by atoms with E-state index in [1.165, 1.54) is 21.1 Å². The van der Waals surface area contributed by atoms with Gasteiger partial charge in [0.25, 0.3) is 11.5 Å². The minimum Gasteiger partial charge on any atom is -0.379 e. The van der Waals surface area contributed by atoms with Crippen molar-refractivity contribution in [2.75, 3.05) is 51.8 Å². The van der Waals surface area contributed by atoms with E-state index in [1.807, 2.05) is 19.1 Å². The smallest absolute Gasteiger partial charge is 0.267 e. The summed E-state index contributed by atoms with van der Waals surface area (Å²) in [6.07, 6.45) is 3.29. The molecule has 0 saturated carbocycles. The molecule has 30 heavy (non-hydrogen) atoms. The Morgan fingerprint density at radius 1 is 1.33 bits per heavy atom. The first-order valence-corrected chi connectivity index (χ1v) is 11.0. The SMILES string of the molecule is Cc1cccn2c(=O)c(C=C3SC(=S)N(C)C3=O)c(NCCN3CCOCC3)nc12. The molecule has 1 amide bonds. The van der Waals surface area contributed by atoms with Crippen LogP contribution in [0.15, 0.2) is 28.0 Å². The lowest BCUT2D eigenvalue weighted by molar-refractivity contribution is -0.121. The van der Waals surface area contributed by atoms with E-state index in [4.69, 9.17) is 21.9 Å². The third-order valence-corrected chi connectivity index (χ3v) is 6.66. The number of rotatable bonds is 5. The molecular formula is C20H23N5O3S2. The molecule has 2 aromatic heterocycles. The summed E-state index contributed by atoms with van der Waals surface area (Å²) in [6, 6.07) is 3.73. The van der Waals surface area contributed by atoms with Crippen LogP contribution in [0.3, 0.4) is 0 Å². The number of hydrogen-bond donors (Lipinski definition) is 1. The number of nitrogens with zero attached hydrogens (tertiary/aromatic N) is 4. The van der Waals surface area contributed by atoms with Gasteiger partial charge in [-0.1, -0.05) is 30.0 Å². The summed E-state index contributed by atoms with van der Waals surface area (Å²) in [7, 11) is 1.63. The van der Waals surface area contributed by atoms with E-state index in [0.29, 0.717) is 32.8 Å². The molecule has 8 nitrogen and oxygen atoms in total. The van der Waals surface area contributed by atoms with E-state index >= 15 is 0 Å². The van der Waals surface area contributed by atoms with Gasteiger partial charge in [0.15, 0.2) is 0 Å². The zero-order valence-electron chi connectivity index (χ0n) is 16.9. The normalized spacial score (nSPS) is 19.3. The van der Waals surface area contributed by atoms with Gasteiger partial charge in [-0.2, -0.15) is 0 Å². The van der Waals surface area contributed by atoms with Gasteiger partial charge in [-0.15, -0.1) is 0 Å². The van der Waals surface area contributed by atoms with Crippen molar-refractivity contribution in [3.05, 3.63) is 44.7 Å². The van der Waals surface area contributed by atoms with E-state index in [2.05, 4.69) is 10.2 Å². The van der Waals surface area contributed by atoms with Crippen molar-refractivity contribution < 1.29 is 9.53 Å². The molecule has 4 heterocycles. The number of amides is 1. The van der Waals surface area contributed by atoms with Gasteiger partial charge in [-0.3, -0.25) is 23.8 Å². The molecular weight excluding hydrogens is 422 g/mol. The Morgan fingerprint density at radius 3 is 2.80 bits per heavy atom. The quantitative estimate of drug-likeness (QED) is 0.549. The van der Waals surface area contributed by atoms with Crippen molar-refractivity contribution in [2.45, 2.75) is 6.92 Å². The molecule has 0 radical (unpaired) electrons. The Hall–Kier alpha value is -2.27. The Kier molecular flexibility index (Phi) is 6.19. The van der Waals surface area contributed by atoms with Gasteiger partial charge >= 0.3 is 0 Å². The number of ether oxygens (including phenoxy) is 1. The van der Waals surface area contributed by atoms with Crippen LogP contribution in [0.2, 0.25) is 0 Å². The number of carbonyl (C=O) groups excluding carboxylic acids is 1. The standard InChI is InChI=1S/C20H23N5O3S2/c1-13-4-3-6-25-17(13)22-16(21-5-7-24-8-10-28-11-9-24)14(18(25)26)12-15-19(27)23(2)20(29)30-15/h3-4,6,12,21H,5,7-11H2,1-2H3. The van der Waals surface area contributed by atoms with E-state index in [9.17, 15) is 9.59 Å². The minimum atomic E-state index is -0.223. The number of carbonyl (C=O) groups is 1. The molecule has 0 spiro atoms. The molecule has 2 fully saturated rings. The second-order valence-corrected chi connectivity index (χ2v) is 8.86.